The van der Waals surface area contributed by atoms with Gasteiger partial charge in [0.05, 0.1) is 25.3 Å². The van der Waals surface area contributed by atoms with Crippen molar-refractivity contribution in [3.05, 3.63) is 52.6 Å². The lowest BCUT2D eigenvalue weighted by Gasteiger charge is -2.36. The van der Waals surface area contributed by atoms with Crippen LogP contribution in [0.4, 0.5) is 32.0 Å². The molecule has 1 aliphatic heterocycles. The zero-order valence-electron chi connectivity index (χ0n) is 18.7. The van der Waals surface area contributed by atoms with E-state index in [0.717, 1.165) is 6.92 Å². The topological polar surface area (TPSA) is 56.8 Å². The lowest BCUT2D eigenvalue weighted by atomic mass is 9.80. The van der Waals surface area contributed by atoms with Gasteiger partial charge in [-0.2, -0.15) is 26.3 Å². The van der Waals surface area contributed by atoms with E-state index < -0.39 is 47.0 Å². The van der Waals surface area contributed by atoms with Crippen molar-refractivity contribution in [2.24, 2.45) is 0 Å². The van der Waals surface area contributed by atoms with Gasteiger partial charge < -0.3 is 19.5 Å². The van der Waals surface area contributed by atoms with Gasteiger partial charge in [-0.15, -0.1) is 0 Å². The third-order valence-electron chi connectivity index (χ3n) is 5.56. The first kappa shape index (κ1) is 25.5. The van der Waals surface area contributed by atoms with Crippen LogP contribution in [0.25, 0.3) is 0 Å². The minimum absolute atomic E-state index is 0.0429. The molecule has 11 heteroatoms. The van der Waals surface area contributed by atoms with E-state index in [2.05, 4.69) is 5.32 Å². The van der Waals surface area contributed by atoms with E-state index in [1.54, 1.807) is 19.1 Å². The van der Waals surface area contributed by atoms with E-state index in [-0.39, 0.29) is 18.5 Å². The van der Waals surface area contributed by atoms with Gasteiger partial charge in [-0.3, -0.25) is 4.79 Å². The van der Waals surface area contributed by atoms with Crippen molar-refractivity contribution < 1.29 is 45.3 Å². The summed E-state index contributed by atoms with van der Waals surface area (Å²) in [5.74, 6) is -0.919. The summed E-state index contributed by atoms with van der Waals surface area (Å²) in [4.78, 5) is 11.9. The molecule has 3 atom stereocenters. The molecule has 186 valence electrons. The van der Waals surface area contributed by atoms with Crippen LogP contribution in [-0.4, -0.2) is 26.2 Å². The Morgan fingerprint density at radius 1 is 0.941 bits per heavy atom. The molecule has 0 saturated heterocycles. The van der Waals surface area contributed by atoms with Crippen LogP contribution in [-0.2, 0) is 21.9 Å². The Balaban J connectivity index is 2.24. The van der Waals surface area contributed by atoms with Crippen molar-refractivity contribution in [3.63, 3.8) is 0 Å². The number of esters is 1. The third kappa shape index (κ3) is 5.34. The number of alkyl halides is 6. The second-order valence-electron chi connectivity index (χ2n) is 8.05. The van der Waals surface area contributed by atoms with E-state index in [9.17, 15) is 31.1 Å². The fourth-order valence-electron chi connectivity index (χ4n) is 4.15. The first-order valence-corrected chi connectivity index (χ1v) is 10.2. The normalized spacial score (nSPS) is 19.0. The van der Waals surface area contributed by atoms with Gasteiger partial charge in [0, 0.05) is 30.6 Å². The summed E-state index contributed by atoms with van der Waals surface area (Å²) in [6.45, 7) is 2.84. The van der Waals surface area contributed by atoms with Crippen LogP contribution in [0.1, 0.15) is 54.5 Å². The molecular weight excluding hydrogens is 468 g/mol. The highest BCUT2D eigenvalue weighted by Gasteiger charge is 2.40. The van der Waals surface area contributed by atoms with E-state index in [0.29, 0.717) is 34.9 Å². The first-order valence-electron chi connectivity index (χ1n) is 10.2. The molecule has 0 aliphatic carbocycles. The SMILES string of the molecule is COc1cc2c(cc1OC)[C@@H]([C@H](OC(C)=O)c1cc(C(F)(F)F)cc(C(F)(F)F)c1)C[C@@H](C)N2. The Labute approximate surface area is 192 Å². The first-order chi connectivity index (χ1) is 15.7. The smallest absolute Gasteiger partial charge is 0.416 e. The summed E-state index contributed by atoms with van der Waals surface area (Å²) in [5.41, 5.74) is -2.32. The van der Waals surface area contributed by atoms with Crippen molar-refractivity contribution in [1.82, 2.24) is 0 Å². The van der Waals surface area contributed by atoms with Gasteiger partial charge in [-0.25, -0.2) is 0 Å². The number of anilines is 1. The minimum Gasteiger partial charge on any atom is -0.493 e. The second-order valence-corrected chi connectivity index (χ2v) is 8.05. The van der Waals surface area contributed by atoms with Gasteiger partial charge in [-0.05, 0) is 48.7 Å². The zero-order valence-corrected chi connectivity index (χ0v) is 18.7. The molecule has 1 aliphatic rings. The Morgan fingerprint density at radius 3 is 1.94 bits per heavy atom. The third-order valence-corrected chi connectivity index (χ3v) is 5.56. The number of carbonyl (C=O) groups excluding carboxylic acids is 1. The predicted octanol–water partition coefficient (Wildman–Crippen LogP) is 6.33. The number of hydrogen-bond acceptors (Lipinski definition) is 5. The monoisotopic (exact) mass is 491 g/mol. The average molecular weight is 491 g/mol. The molecule has 1 N–H and O–H groups in total. The fraction of sp³-hybridized carbons (Fsp3) is 0.435. The van der Waals surface area contributed by atoms with Crippen molar-refractivity contribution in [3.8, 4) is 11.5 Å². The summed E-state index contributed by atoms with van der Waals surface area (Å²) >= 11 is 0. The summed E-state index contributed by atoms with van der Waals surface area (Å²) < 4.78 is 96.8. The standard InChI is InChI=1S/C23H23F6NO4/c1-11-5-17(16-9-19(32-3)20(33-4)10-18(16)30-11)21(34-12(2)31)13-6-14(22(24,25)26)8-15(7-13)23(27,28)29/h6-11,17,21,30H,5H2,1-4H3/t11-,17+,21-/m1/s1. The second kappa shape index (κ2) is 9.27. The van der Waals surface area contributed by atoms with E-state index in [1.807, 2.05) is 0 Å². The molecule has 0 aromatic heterocycles. The maximum atomic E-state index is 13.5. The van der Waals surface area contributed by atoms with Crippen LogP contribution < -0.4 is 14.8 Å². The molecule has 2 aromatic carbocycles. The van der Waals surface area contributed by atoms with Gasteiger partial charge in [0.2, 0.25) is 0 Å². The largest absolute Gasteiger partial charge is 0.493 e. The number of nitrogens with one attached hydrogen (secondary N) is 1. The van der Waals surface area contributed by atoms with Crippen LogP contribution in [0.3, 0.4) is 0 Å². The number of benzene rings is 2. The molecule has 0 fully saturated rings. The number of halogens is 6. The zero-order chi connectivity index (χ0) is 25.4. The summed E-state index contributed by atoms with van der Waals surface area (Å²) in [6.07, 6.45) is -11.2. The maximum Gasteiger partial charge on any atom is 0.416 e. The highest BCUT2D eigenvalue weighted by Crippen LogP contribution is 2.49. The summed E-state index contributed by atoms with van der Waals surface area (Å²) in [7, 11) is 2.82. The molecule has 5 nitrogen and oxygen atoms in total. The highest BCUT2D eigenvalue weighted by molar-refractivity contribution is 5.68. The Bertz CT molecular complexity index is 1030. The van der Waals surface area contributed by atoms with Gasteiger partial charge >= 0.3 is 18.3 Å². The Hall–Kier alpha value is -3.11. The highest BCUT2D eigenvalue weighted by atomic mass is 19.4. The molecule has 3 rings (SSSR count). The van der Waals surface area contributed by atoms with Gasteiger partial charge in [-0.1, -0.05) is 0 Å². The van der Waals surface area contributed by atoms with E-state index >= 15 is 0 Å². The van der Waals surface area contributed by atoms with Crippen LogP contribution in [0, 0.1) is 0 Å². The lowest BCUT2D eigenvalue weighted by Crippen LogP contribution is -2.30. The van der Waals surface area contributed by atoms with Gasteiger partial charge in [0.1, 0.15) is 6.10 Å². The molecular formula is C23H23F6NO4. The average Bonchev–Trinajstić information content (AvgIpc) is 2.74. The Kier molecular flexibility index (Phi) is 6.95. The minimum atomic E-state index is -5.04. The molecule has 0 spiro atoms. The summed E-state index contributed by atoms with van der Waals surface area (Å²) in [6, 6.07) is 4.19. The number of hydrogen-bond donors (Lipinski definition) is 1. The number of ether oxygens (including phenoxy) is 3. The molecule has 0 saturated carbocycles. The van der Waals surface area contributed by atoms with Crippen LogP contribution in [0.2, 0.25) is 0 Å². The van der Waals surface area contributed by atoms with Gasteiger partial charge in [0.15, 0.2) is 11.5 Å². The quantitative estimate of drug-likeness (QED) is 0.391. The molecule has 2 aromatic rings. The fourth-order valence-corrected chi connectivity index (χ4v) is 4.15. The predicted molar refractivity (Wildman–Crippen MR) is 111 cm³/mol. The molecule has 0 radical (unpaired) electrons. The van der Waals surface area contributed by atoms with Crippen molar-refractivity contribution in [1.29, 1.82) is 0 Å². The lowest BCUT2D eigenvalue weighted by molar-refractivity contribution is -0.148. The number of rotatable bonds is 5. The van der Waals surface area contributed by atoms with Gasteiger partial charge in [0.25, 0.3) is 0 Å². The number of methoxy groups -OCH3 is 2. The summed E-state index contributed by atoms with van der Waals surface area (Å²) in [5, 5.41) is 3.21. The molecule has 34 heavy (non-hydrogen) atoms. The van der Waals surface area contributed by atoms with Crippen molar-refractivity contribution in [2.75, 3.05) is 19.5 Å². The molecule has 0 amide bonds. The number of carbonyl (C=O) groups is 1. The maximum absolute atomic E-state index is 13.5. The van der Waals surface area contributed by atoms with E-state index in [4.69, 9.17) is 14.2 Å². The van der Waals surface area contributed by atoms with Crippen molar-refractivity contribution in [2.45, 2.75) is 50.7 Å². The number of fused-ring (bicyclic) bond motifs is 1. The molecule has 0 unspecified atom stereocenters. The van der Waals surface area contributed by atoms with Crippen molar-refractivity contribution >= 4 is 11.7 Å². The molecule has 0 bridgehead atoms. The van der Waals surface area contributed by atoms with Crippen LogP contribution in [0.5, 0.6) is 11.5 Å². The van der Waals surface area contributed by atoms with Crippen LogP contribution >= 0.6 is 0 Å². The van der Waals surface area contributed by atoms with Crippen LogP contribution in [0.15, 0.2) is 30.3 Å². The molecule has 1 heterocycles. The Morgan fingerprint density at radius 2 is 1.47 bits per heavy atom. The van der Waals surface area contributed by atoms with E-state index in [1.165, 1.54) is 14.2 Å².